The van der Waals surface area contributed by atoms with Crippen molar-refractivity contribution in [3.8, 4) is 11.4 Å². The second-order valence-electron chi connectivity index (χ2n) is 4.90. The van der Waals surface area contributed by atoms with Crippen LogP contribution in [0.1, 0.15) is 11.1 Å². The SMILES string of the molecule is CNn1ccnc1-c1ccc(COCc2cccnc2)cc1. The molecule has 0 saturated carbocycles. The molecule has 2 aromatic heterocycles. The Balaban J connectivity index is 1.60. The predicted octanol–water partition coefficient (Wildman–Crippen LogP) is 2.84. The van der Waals surface area contributed by atoms with E-state index < -0.39 is 0 Å². The van der Waals surface area contributed by atoms with Crippen LogP contribution in [0.25, 0.3) is 11.4 Å². The van der Waals surface area contributed by atoms with E-state index >= 15 is 0 Å². The number of nitrogens with one attached hydrogen (secondary N) is 1. The summed E-state index contributed by atoms with van der Waals surface area (Å²) in [5.74, 6) is 0.894. The summed E-state index contributed by atoms with van der Waals surface area (Å²) < 4.78 is 7.59. The molecule has 0 aliphatic carbocycles. The van der Waals surface area contributed by atoms with Gasteiger partial charge in [0.2, 0.25) is 0 Å². The maximum atomic E-state index is 5.71. The molecule has 0 spiro atoms. The molecule has 22 heavy (non-hydrogen) atoms. The van der Waals surface area contributed by atoms with E-state index in [4.69, 9.17) is 4.74 Å². The maximum Gasteiger partial charge on any atom is 0.158 e. The van der Waals surface area contributed by atoms with Gasteiger partial charge in [-0.05, 0) is 17.2 Å². The van der Waals surface area contributed by atoms with Gasteiger partial charge in [-0.25, -0.2) is 9.66 Å². The number of nitrogens with zero attached hydrogens (tertiary/aromatic N) is 3. The van der Waals surface area contributed by atoms with Gasteiger partial charge in [-0.1, -0.05) is 30.3 Å². The number of hydrogen-bond donors (Lipinski definition) is 1. The molecule has 0 aliphatic rings. The summed E-state index contributed by atoms with van der Waals surface area (Å²) in [5.41, 5.74) is 6.34. The van der Waals surface area contributed by atoms with E-state index in [0.29, 0.717) is 13.2 Å². The Kier molecular flexibility index (Phi) is 4.46. The van der Waals surface area contributed by atoms with Crippen LogP contribution in [-0.2, 0) is 18.0 Å². The molecule has 3 rings (SSSR count). The zero-order valence-corrected chi connectivity index (χ0v) is 12.4. The Labute approximate surface area is 129 Å². The van der Waals surface area contributed by atoms with Crippen molar-refractivity contribution in [3.63, 3.8) is 0 Å². The van der Waals surface area contributed by atoms with E-state index in [-0.39, 0.29) is 0 Å². The molecule has 0 bridgehead atoms. The first-order chi connectivity index (χ1) is 10.9. The Morgan fingerprint density at radius 3 is 2.59 bits per heavy atom. The number of ether oxygens (including phenoxy) is 1. The summed E-state index contributed by atoms with van der Waals surface area (Å²) in [5, 5.41) is 0. The third-order valence-corrected chi connectivity index (χ3v) is 3.35. The number of benzene rings is 1. The maximum absolute atomic E-state index is 5.71. The summed E-state index contributed by atoms with van der Waals surface area (Å²) >= 11 is 0. The van der Waals surface area contributed by atoms with Gasteiger partial charge in [-0.2, -0.15) is 0 Å². The topological polar surface area (TPSA) is 52.0 Å². The van der Waals surface area contributed by atoms with Crippen molar-refractivity contribution in [3.05, 3.63) is 72.3 Å². The lowest BCUT2D eigenvalue weighted by molar-refractivity contribution is 0.107. The highest BCUT2D eigenvalue weighted by Gasteiger charge is 2.04. The average Bonchev–Trinajstić information content (AvgIpc) is 3.05. The zero-order chi connectivity index (χ0) is 15.2. The molecular formula is C17H18N4O. The molecule has 0 amide bonds. The van der Waals surface area contributed by atoms with Gasteiger partial charge < -0.3 is 10.2 Å². The molecule has 5 heteroatoms. The molecule has 3 aromatic rings. The van der Waals surface area contributed by atoms with Crippen molar-refractivity contribution in [2.24, 2.45) is 0 Å². The highest BCUT2D eigenvalue weighted by Crippen LogP contribution is 2.17. The summed E-state index contributed by atoms with van der Waals surface area (Å²) in [7, 11) is 1.87. The number of pyridine rings is 1. The van der Waals surface area contributed by atoms with Crippen LogP contribution in [0.15, 0.2) is 61.2 Å². The predicted molar refractivity (Wildman–Crippen MR) is 85.7 cm³/mol. The summed E-state index contributed by atoms with van der Waals surface area (Å²) in [6.07, 6.45) is 7.24. The van der Waals surface area contributed by atoms with Crippen molar-refractivity contribution in [2.45, 2.75) is 13.2 Å². The lowest BCUT2D eigenvalue weighted by Crippen LogP contribution is -2.08. The molecule has 1 aromatic carbocycles. The Bertz CT molecular complexity index is 707. The Hall–Kier alpha value is -2.66. The van der Waals surface area contributed by atoms with Gasteiger partial charge in [0.05, 0.1) is 13.2 Å². The van der Waals surface area contributed by atoms with E-state index in [2.05, 4.69) is 39.7 Å². The van der Waals surface area contributed by atoms with Crippen LogP contribution in [0, 0.1) is 0 Å². The van der Waals surface area contributed by atoms with Gasteiger partial charge in [-0.3, -0.25) is 4.98 Å². The first-order valence-electron chi connectivity index (χ1n) is 7.14. The second kappa shape index (κ2) is 6.87. The minimum Gasteiger partial charge on any atom is -0.372 e. The van der Waals surface area contributed by atoms with E-state index in [0.717, 1.165) is 22.5 Å². The minimum absolute atomic E-state index is 0.569. The van der Waals surface area contributed by atoms with Crippen molar-refractivity contribution >= 4 is 0 Å². The van der Waals surface area contributed by atoms with Crippen molar-refractivity contribution in [2.75, 3.05) is 12.5 Å². The molecule has 112 valence electrons. The smallest absolute Gasteiger partial charge is 0.158 e. The molecule has 0 saturated heterocycles. The highest BCUT2D eigenvalue weighted by atomic mass is 16.5. The number of rotatable bonds is 6. The summed E-state index contributed by atoms with van der Waals surface area (Å²) in [6, 6.07) is 12.2. The Morgan fingerprint density at radius 2 is 1.86 bits per heavy atom. The molecule has 0 atom stereocenters. The van der Waals surface area contributed by atoms with Gasteiger partial charge in [0.15, 0.2) is 5.82 Å². The van der Waals surface area contributed by atoms with Gasteiger partial charge in [0.1, 0.15) is 0 Å². The fourth-order valence-corrected chi connectivity index (χ4v) is 2.22. The molecular weight excluding hydrogens is 276 g/mol. The molecule has 0 radical (unpaired) electrons. The monoisotopic (exact) mass is 294 g/mol. The first-order valence-corrected chi connectivity index (χ1v) is 7.14. The molecule has 2 heterocycles. The molecule has 1 N–H and O–H groups in total. The Morgan fingerprint density at radius 1 is 1.05 bits per heavy atom. The number of hydrogen-bond acceptors (Lipinski definition) is 4. The van der Waals surface area contributed by atoms with E-state index in [1.165, 1.54) is 0 Å². The van der Waals surface area contributed by atoms with E-state index in [1.807, 2.05) is 36.3 Å². The lowest BCUT2D eigenvalue weighted by Gasteiger charge is -2.08. The van der Waals surface area contributed by atoms with Crippen LogP contribution >= 0.6 is 0 Å². The quantitative estimate of drug-likeness (QED) is 0.759. The van der Waals surface area contributed by atoms with Crippen molar-refractivity contribution in [1.82, 2.24) is 14.6 Å². The third kappa shape index (κ3) is 3.32. The van der Waals surface area contributed by atoms with Crippen LogP contribution in [0.5, 0.6) is 0 Å². The van der Waals surface area contributed by atoms with Gasteiger partial charge in [0.25, 0.3) is 0 Å². The molecule has 0 fully saturated rings. The van der Waals surface area contributed by atoms with E-state index in [9.17, 15) is 0 Å². The number of imidazole rings is 1. The van der Waals surface area contributed by atoms with Gasteiger partial charge in [-0.15, -0.1) is 0 Å². The molecule has 5 nitrogen and oxygen atoms in total. The molecule has 0 unspecified atom stereocenters. The first kappa shape index (κ1) is 14.3. The standard InChI is InChI=1S/C17H18N4O/c1-18-21-10-9-20-17(21)16-6-4-14(5-7-16)12-22-13-15-3-2-8-19-11-15/h2-11,18H,12-13H2,1H3. The van der Waals surface area contributed by atoms with Gasteiger partial charge in [0, 0.05) is 37.4 Å². The highest BCUT2D eigenvalue weighted by molar-refractivity contribution is 5.56. The van der Waals surface area contributed by atoms with Crippen molar-refractivity contribution < 1.29 is 4.74 Å². The second-order valence-corrected chi connectivity index (χ2v) is 4.90. The third-order valence-electron chi connectivity index (χ3n) is 3.35. The summed E-state index contributed by atoms with van der Waals surface area (Å²) in [6.45, 7) is 1.15. The lowest BCUT2D eigenvalue weighted by atomic mass is 10.1. The normalized spacial score (nSPS) is 10.6. The fraction of sp³-hybridized carbons (Fsp3) is 0.176. The zero-order valence-electron chi connectivity index (χ0n) is 12.4. The van der Waals surface area contributed by atoms with Crippen LogP contribution in [-0.4, -0.2) is 21.7 Å². The van der Waals surface area contributed by atoms with E-state index in [1.54, 1.807) is 12.4 Å². The van der Waals surface area contributed by atoms with Crippen LogP contribution < -0.4 is 5.43 Å². The largest absolute Gasteiger partial charge is 0.372 e. The van der Waals surface area contributed by atoms with Crippen LogP contribution in [0.2, 0.25) is 0 Å². The van der Waals surface area contributed by atoms with Crippen LogP contribution in [0.3, 0.4) is 0 Å². The average molecular weight is 294 g/mol. The summed E-state index contributed by atoms with van der Waals surface area (Å²) in [4.78, 5) is 8.42. The van der Waals surface area contributed by atoms with Crippen LogP contribution in [0.4, 0.5) is 0 Å². The minimum atomic E-state index is 0.569. The number of aromatic nitrogens is 3. The van der Waals surface area contributed by atoms with Gasteiger partial charge >= 0.3 is 0 Å². The van der Waals surface area contributed by atoms with Crippen molar-refractivity contribution in [1.29, 1.82) is 0 Å². The fourth-order valence-electron chi connectivity index (χ4n) is 2.22. The molecule has 0 aliphatic heterocycles.